The number of rotatable bonds is 5. The van der Waals surface area contributed by atoms with Gasteiger partial charge in [-0.3, -0.25) is 4.89 Å². The summed E-state index contributed by atoms with van der Waals surface area (Å²) >= 11 is 26.1. The number of hydrogen-bond acceptors (Lipinski definition) is 5. The Hall–Kier alpha value is -7.54. The third kappa shape index (κ3) is 8.34. The molecule has 0 saturated carbocycles. The molecule has 0 radical (unpaired) electrons. The smallest absolute Gasteiger partial charge is 0.408 e. The van der Waals surface area contributed by atoms with Gasteiger partial charge in [0.15, 0.2) is 0 Å². The summed E-state index contributed by atoms with van der Waals surface area (Å²) in [5.41, 5.74) is 7.61. The van der Waals surface area contributed by atoms with E-state index < -0.39 is 15.5 Å². The van der Waals surface area contributed by atoms with Crippen LogP contribution >= 0.6 is 61.9 Å². The Morgan fingerprint density at radius 2 is 0.558 bits per heavy atom. The molecule has 14 rings (SSSR count). The molecule has 0 unspecified atom stereocenters. The molecule has 12 aromatic rings. The van der Waals surface area contributed by atoms with E-state index in [9.17, 15) is 4.89 Å². The van der Waals surface area contributed by atoms with Crippen molar-refractivity contribution in [1.29, 1.82) is 0 Å². The highest BCUT2D eigenvalue weighted by atomic mass is 35.5. The molecule has 1 N–H and O–H groups in total. The largest absolute Gasteiger partial charge is 0.569 e. The summed E-state index contributed by atoms with van der Waals surface area (Å²) in [6, 6.07) is 69.2. The lowest BCUT2D eigenvalue weighted by molar-refractivity contribution is 0.361. The third-order valence-corrected chi connectivity index (χ3v) is 18.6. The van der Waals surface area contributed by atoms with Crippen LogP contribution in [0.3, 0.4) is 0 Å². The Bertz CT molecular complexity index is 4270. The summed E-state index contributed by atoms with van der Waals surface area (Å²) in [4.78, 5) is 13.9. The molecule has 0 aromatic heterocycles. The molecular formula is C64H37Cl4NO6P2. The topological polar surface area (TPSA) is 86.6 Å². The summed E-state index contributed by atoms with van der Waals surface area (Å²) in [6.07, 6.45) is 0. The van der Waals surface area contributed by atoms with Crippen LogP contribution in [0.1, 0.15) is 0 Å². The first kappa shape index (κ1) is 47.9. The van der Waals surface area contributed by atoms with E-state index in [0.717, 1.165) is 54.2 Å². The number of fused-ring (bicyclic) bond motifs is 14. The lowest BCUT2D eigenvalue weighted by Gasteiger charge is -2.23. The molecule has 2 heterocycles. The van der Waals surface area contributed by atoms with Gasteiger partial charge in [-0.05, 0) is 138 Å². The quantitative estimate of drug-likeness (QED) is 0.173. The molecule has 77 heavy (non-hydrogen) atoms. The summed E-state index contributed by atoms with van der Waals surface area (Å²) in [7, 11) is -10.1. The molecule has 0 amide bonds. The van der Waals surface area contributed by atoms with Crippen molar-refractivity contribution in [1.82, 2.24) is 0 Å². The van der Waals surface area contributed by atoms with E-state index in [1.165, 1.54) is 0 Å². The zero-order valence-electron chi connectivity index (χ0n) is 40.1. The van der Waals surface area contributed by atoms with Crippen LogP contribution in [0, 0.1) is 0 Å². The van der Waals surface area contributed by atoms with Gasteiger partial charge in [0.25, 0.3) is 0 Å². The highest BCUT2D eigenvalue weighted by Gasteiger charge is 2.45. The minimum absolute atomic E-state index is 0.193. The number of benzene rings is 12. The predicted octanol–water partition coefficient (Wildman–Crippen LogP) is 21.2. The fraction of sp³-hybridized carbons (Fsp3) is 0. The molecule has 0 bridgehead atoms. The normalized spacial score (nSPS) is 13.9. The van der Waals surface area contributed by atoms with Gasteiger partial charge in [-0.25, -0.2) is 4.57 Å². The minimum atomic E-state index is -5.16. The molecule has 0 saturated heterocycles. The second-order valence-corrected chi connectivity index (χ2v) is 23.9. The maximum Gasteiger partial charge on any atom is 0.569 e. The van der Waals surface area contributed by atoms with E-state index in [4.69, 9.17) is 69.0 Å². The highest BCUT2D eigenvalue weighted by molar-refractivity contribution is 7.64. The van der Waals surface area contributed by atoms with Crippen LogP contribution in [-0.4, -0.2) is 4.89 Å². The maximum atomic E-state index is 17.0. The molecular weight excluding hydrogens is 1080 g/mol. The highest BCUT2D eigenvalue weighted by Crippen LogP contribution is 2.70. The van der Waals surface area contributed by atoms with E-state index in [1.807, 2.05) is 170 Å². The number of hydrogen-bond donors (Lipinski definition) is 1. The lowest BCUT2D eigenvalue weighted by Crippen LogP contribution is -2.05. The summed E-state index contributed by atoms with van der Waals surface area (Å²) in [5, 5.41) is 8.81. The van der Waals surface area contributed by atoms with Crippen molar-refractivity contribution in [3.63, 3.8) is 0 Å². The molecule has 12 aromatic carbocycles. The maximum absolute atomic E-state index is 17.0. The summed E-state index contributed by atoms with van der Waals surface area (Å²) in [6.45, 7) is 0. The van der Waals surface area contributed by atoms with Crippen LogP contribution in [0.2, 0.25) is 20.1 Å². The van der Waals surface area contributed by atoms with Crippen LogP contribution < -0.4 is 18.1 Å². The predicted molar refractivity (Wildman–Crippen MR) is 317 cm³/mol. The first-order valence-electron chi connectivity index (χ1n) is 24.5. The number of halogens is 4. The van der Waals surface area contributed by atoms with Crippen LogP contribution in [0.5, 0.6) is 23.0 Å². The SMILES string of the molecule is O=P1(N=P2(O)Oc3c(-c4ccc(Cl)cc4)cc4ccccc4c3-c3c(c(-c4ccc(Cl)cc4)cc4ccccc34)O2)Oc2c(-c3ccc(Cl)cc3)cc3ccccc3c2-c2c(c(-c3ccc(Cl)cc3)cc3ccccc23)O1. The standard InChI is InChI=1S/C64H37Cl4NO6P2/c65-45-25-17-37(18-26-45)53-33-41-9-1-5-13-49(41)57-58-50-14-6-2-10-42(50)34-54(38-19-27-46(66)28-20-38)62(58)73-76(70,72-61(53)57)69-77(71)74-63-55(39-21-29-47(67)30-22-39)35-43-11-3-7-15-51(43)59(63)60-52-16-8-4-12-44(52)36-56(64(60)75-77)40-23-31-48(68)32-24-40/h1-36,70H. The average molecular weight is 1120 g/mol. The van der Waals surface area contributed by atoms with Crippen LogP contribution in [-0.2, 0) is 4.57 Å². The van der Waals surface area contributed by atoms with E-state index in [0.29, 0.717) is 75.7 Å². The van der Waals surface area contributed by atoms with E-state index in [1.54, 1.807) is 48.5 Å². The van der Waals surface area contributed by atoms with Gasteiger partial charge in [0.1, 0.15) is 23.0 Å². The fourth-order valence-corrected chi connectivity index (χ4v) is 14.7. The van der Waals surface area contributed by atoms with Gasteiger partial charge >= 0.3 is 15.5 Å². The van der Waals surface area contributed by atoms with Crippen molar-refractivity contribution in [3.05, 3.63) is 238 Å². The lowest BCUT2D eigenvalue weighted by atomic mass is 9.86. The third-order valence-electron chi connectivity index (χ3n) is 14.2. The first-order chi connectivity index (χ1) is 37.5. The van der Waals surface area contributed by atoms with E-state index in [-0.39, 0.29) is 23.0 Å². The van der Waals surface area contributed by atoms with Gasteiger partial charge in [0.05, 0.1) is 0 Å². The molecule has 2 aliphatic heterocycles. The fourth-order valence-electron chi connectivity index (χ4n) is 10.8. The van der Waals surface area contributed by atoms with Gasteiger partial charge in [-0.2, -0.15) is 0 Å². The number of nitrogens with zero attached hydrogens (tertiary/aromatic N) is 1. The zero-order chi connectivity index (χ0) is 52.2. The van der Waals surface area contributed by atoms with Crippen LogP contribution in [0.15, 0.2) is 223 Å². The Balaban J connectivity index is 1.12. The molecule has 0 spiro atoms. The molecule has 0 aliphatic carbocycles. The second kappa shape index (κ2) is 18.6. The molecule has 7 nitrogen and oxygen atoms in total. The Morgan fingerprint density at radius 1 is 0.325 bits per heavy atom. The van der Waals surface area contributed by atoms with Gasteiger partial charge in [-0.15, -0.1) is 0 Å². The van der Waals surface area contributed by atoms with Crippen molar-refractivity contribution < 1.29 is 27.6 Å². The monoisotopic (exact) mass is 1120 g/mol. The Labute approximate surface area is 462 Å². The van der Waals surface area contributed by atoms with Gasteiger partial charge in [0.2, 0.25) is 0 Å². The van der Waals surface area contributed by atoms with Crippen molar-refractivity contribution in [2.45, 2.75) is 0 Å². The molecule has 13 heteroatoms. The van der Waals surface area contributed by atoms with Gasteiger partial charge < -0.3 is 18.1 Å². The molecule has 0 atom stereocenters. The van der Waals surface area contributed by atoms with Crippen LogP contribution in [0.25, 0.3) is 110 Å². The molecule has 0 fully saturated rings. The van der Waals surface area contributed by atoms with E-state index >= 15 is 4.57 Å². The summed E-state index contributed by atoms with van der Waals surface area (Å²) < 4.78 is 50.4. The zero-order valence-corrected chi connectivity index (χ0v) is 44.9. The Kier molecular flexibility index (Phi) is 11.6. The second-order valence-electron chi connectivity index (χ2n) is 18.8. The van der Waals surface area contributed by atoms with E-state index in [2.05, 4.69) is 0 Å². The van der Waals surface area contributed by atoms with Crippen molar-refractivity contribution in [2.24, 2.45) is 4.52 Å². The molecule has 372 valence electrons. The molecule has 2 aliphatic rings. The van der Waals surface area contributed by atoms with Gasteiger partial charge in [-0.1, -0.05) is 197 Å². The van der Waals surface area contributed by atoms with Crippen molar-refractivity contribution >= 4 is 105 Å². The minimum Gasteiger partial charge on any atom is -0.408 e. The first-order valence-corrected chi connectivity index (χ1v) is 29.0. The Morgan fingerprint density at radius 3 is 0.818 bits per heavy atom. The average Bonchev–Trinajstić information content (AvgIpc) is 3.85. The summed E-state index contributed by atoms with van der Waals surface area (Å²) in [5.74, 6) is 0.840. The van der Waals surface area contributed by atoms with Crippen LogP contribution in [0.4, 0.5) is 0 Å². The van der Waals surface area contributed by atoms with Crippen molar-refractivity contribution in [3.8, 4) is 89.8 Å². The van der Waals surface area contributed by atoms with Crippen molar-refractivity contribution in [2.75, 3.05) is 0 Å². The van der Waals surface area contributed by atoms with Gasteiger partial charge in [0, 0.05) is 64.6 Å².